The second-order valence-corrected chi connectivity index (χ2v) is 9.04. The number of hydrogen-bond acceptors (Lipinski definition) is 5. The molecule has 2 aliphatic heterocycles. The lowest BCUT2D eigenvalue weighted by Crippen LogP contribution is -2.55. The minimum atomic E-state index is -3.86. The van der Waals surface area contributed by atoms with Crippen molar-refractivity contribution in [3.8, 4) is 5.75 Å². The van der Waals surface area contributed by atoms with Crippen molar-refractivity contribution in [2.24, 2.45) is 0 Å². The molecular weight excluding hydrogens is 392 g/mol. The number of carbonyl (C=O) groups is 1. The van der Waals surface area contributed by atoms with Crippen molar-refractivity contribution in [2.75, 3.05) is 33.4 Å². The Bertz CT molecular complexity index is 984. The van der Waals surface area contributed by atoms with Crippen molar-refractivity contribution < 1.29 is 22.7 Å². The number of ether oxygens (including phenoxy) is 2. The Morgan fingerprint density at radius 3 is 2.34 bits per heavy atom. The summed E-state index contributed by atoms with van der Waals surface area (Å²) < 4.78 is 38.8. The molecule has 7 nitrogen and oxygen atoms in total. The summed E-state index contributed by atoms with van der Waals surface area (Å²) in [6.07, 6.45) is 0.363. The quantitative estimate of drug-likeness (QED) is 0.758. The third-order valence-electron chi connectivity index (χ3n) is 5.48. The second-order valence-electron chi connectivity index (χ2n) is 7.15. The molecule has 1 fully saturated rings. The Labute approximate surface area is 170 Å². The molecule has 0 N–H and O–H groups in total. The molecule has 29 heavy (non-hydrogen) atoms. The Hall–Kier alpha value is -2.42. The zero-order valence-corrected chi connectivity index (χ0v) is 17.1. The predicted octanol–water partition coefficient (Wildman–Crippen LogP) is 1.67. The molecule has 8 heteroatoms. The predicted molar refractivity (Wildman–Crippen MR) is 107 cm³/mol. The van der Waals surface area contributed by atoms with Gasteiger partial charge >= 0.3 is 0 Å². The van der Waals surface area contributed by atoms with E-state index in [4.69, 9.17) is 9.47 Å². The monoisotopic (exact) mass is 416 g/mol. The van der Waals surface area contributed by atoms with Crippen LogP contribution < -0.4 is 4.74 Å². The highest BCUT2D eigenvalue weighted by atomic mass is 32.2. The van der Waals surface area contributed by atoms with Crippen LogP contribution in [0.15, 0.2) is 53.4 Å². The van der Waals surface area contributed by atoms with Crippen LogP contribution in [0.25, 0.3) is 0 Å². The van der Waals surface area contributed by atoms with Gasteiger partial charge in [0.1, 0.15) is 11.8 Å². The molecule has 1 amide bonds. The van der Waals surface area contributed by atoms with Crippen LogP contribution in [-0.4, -0.2) is 63.0 Å². The van der Waals surface area contributed by atoms with Gasteiger partial charge in [-0.15, -0.1) is 0 Å². The van der Waals surface area contributed by atoms with E-state index >= 15 is 0 Å². The first kappa shape index (κ1) is 19.9. The van der Waals surface area contributed by atoms with Crippen molar-refractivity contribution in [1.82, 2.24) is 9.21 Å². The molecule has 0 bridgehead atoms. The van der Waals surface area contributed by atoms with Gasteiger partial charge in [0, 0.05) is 19.6 Å². The maximum absolute atomic E-state index is 13.5. The van der Waals surface area contributed by atoms with Gasteiger partial charge in [0.05, 0.1) is 25.2 Å². The van der Waals surface area contributed by atoms with E-state index in [1.54, 1.807) is 17.0 Å². The molecule has 0 aromatic heterocycles. The number of carbonyl (C=O) groups excluding carboxylic acids is 1. The van der Waals surface area contributed by atoms with Gasteiger partial charge < -0.3 is 14.4 Å². The van der Waals surface area contributed by atoms with E-state index in [1.165, 1.54) is 23.5 Å². The number of nitrogens with zero attached hydrogens (tertiary/aromatic N) is 2. The summed E-state index contributed by atoms with van der Waals surface area (Å²) >= 11 is 0. The average molecular weight is 416 g/mol. The summed E-state index contributed by atoms with van der Waals surface area (Å²) in [5, 5.41) is 0. The smallest absolute Gasteiger partial charge is 0.244 e. The SMILES string of the molecule is COc1ccc(S(=O)(=O)N2Cc3ccccc3C[C@@H]2C(=O)N2CCOCC2)cc1. The topological polar surface area (TPSA) is 76.2 Å². The number of sulfonamides is 1. The molecule has 2 aromatic carbocycles. The van der Waals surface area contributed by atoms with E-state index in [-0.39, 0.29) is 17.3 Å². The van der Waals surface area contributed by atoms with Crippen LogP contribution >= 0.6 is 0 Å². The summed E-state index contributed by atoms with van der Waals surface area (Å²) in [6, 6.07) is 13.2. The fourth-order valence-electron chi connectivity index (χ4n) is 3.84. The number of morpholine rings is 1. The molecule has 2 aliphatic rings. The molecule has 0 spiro atoms. The van der Waals surface area contributed by atoms with E-state index < -0.39 is 16.1 Å². The van der Waals surface area contributed by atoms with Gasteiger partial charge in [-0.3, -0.25) is 4.79 Å². The minimum Gasteiger partial charge on any atom is -0.497 e. The molecule has 0 saturated carbocycles. The normalized spacial score (nSPS) is 20.2. The van der Waals surface area contributed by atoms with E-state index in [9.17, 15) is 13.2 Å². The van der Waals surface area contributed by atoms with E-state index in [1.807, 2.05) is 24.3 Å². The average Bonchev–Trinajstić information content (AvgIpc) is 2.78. The van der Waals surface area contributed by atoms with Crippen molar-refractivity contribution in [1.29, 1.82) is 0 Å². The second kappa shape index (κ2) is 8.14. The van der Waals surface area contributed by atoms with Crippen LogP contribution in [0.5, 0.6) is 5.75 Å². The fourth-order valence-corrected chi connectivity index (χ4v) is 5.40. The third kappa shape index (κ3) is 3.88. The molecule has 1 atom stereocenters. The van der Waals surface area contributed by atoms with Gasteiger partial charge in [0.2, 0.25) is 15.9 Å². The minimum absolute atomic E-state index is 0.150. The van der Waals surface area contributed by atoms with Crippen LogP contribution in [0.4, 0.5) is 0 Å². The Balaban J connectivity index is 1.71. The molecule has 0 aliphatic carbocycles. The summed E-state index contributed by atoms with van der Waals surface area (Å²) in [7, 11) is -2.33. The molecule has 0 radical (unpaired) electrons. The van der Waals surface area contributed by atoms with Gasteiger partial charge in [-0.1, -0.05) is 24.3 Å². The van der Waals surface area contributed by atoms with Crippen LogP contribution in [0.2, 0.25) is 0 Å². The lowest BCUT2D eigenvalue weighted by Gasteiger charge is -2.38. The number of benzene rings is 2. The van der Waals surface area contributed by atoms with Gasteiger partial charge in [-0.25, -0.2) is 8.42 Å². The van der Waals surface area contributed by atoms with Crippen LogP contribution in [0, 0.1) is 0 Å². The largest absolute Gasteiger partial charge is 0.497 e. The standard InChI is InChI=1S/C21H24N2O5S/c1-27-18-6-8-19(9-7-18)29(25,26)23-15-17-5-3-2-4-16(17)14-20(23)21(24)22-10-12-28-13-11-22/h2-9,20H,10-15H2,1H3/t20-/m1/s1. The highest BCUT2D eigenvalue weighted by Crippen LogP contribution is 2.30. The first-order valence-corrected chi connectivity index (χ1v) is 11.0. The first-order valence-electron chi connectivity index (χ1n) is 9.60. The highest BCUT2D eigenvalue weighted by Gasteiger charge is 2.41. The number of methoxy groups -OCH3 is 1. The van der Waals surface area contributed by atoms with Crippen LogP contribution in [-0.2, 0) is 32.5 Å². The van der Waals surface area contributed by atoms with Crippen molar-refractivity contribution in [2.45, 2.75) is 23.9 Å². The van der Waals surface area contributed by atoms with Crippen molar-refractivity contribution >= 4 is 15.9 Å². The lowest BCUT2D eigenvalue weighted by molar-refractivity contribution is -0.139. The molecule has 2 heterocycles. The van der Waals surface area contributed by atoms with Crippen molar-refractivity contribution in [3.63, 3.8) is 0 Å². The van der Waals surface area contributed by atoms with Gasteiger partial charge in [-0.05, 0) is 41.8 Å². The van der Waals surface area contributed by atoms with Crippen LogP contribution in [0.1, 0.15) is 11.1 Å². The summed E-state index contributed by atoms with van der Waals surface area (Å²) in [5.74, 6) is 0.411. The highest BCUT2D eigenvalue weighted by molar-refractivity contribution is 7.89. The maximum Gasteiger partial charge on any atom is 0.244 e. The Morgan fingerprint density at radius 2 is 1.69 bits per heavy atom. The van der Waals surface area contributed by atoms with Gasteiger partial charge in [-0.2, -0.15) is 4.31 Å². The van der Waals surface area contributed by atoms with Crippen molar-refractivity contribution in [3.05, 3.63) is 59.7 Å². The zero-order chi connectivity index (χ0) is 20.4. The summed E-state index contributed by atoms with van der Waals surface area (Å²) in [4.78, 5) is 15.2. The van der Waals surface area contributed by atoms with Gasteiger partial charge in [0.15, 0.2) is 0 Å². The molecule has 0 unspecified atom stereocenters. The summed E-state index contributed by atoms with van der Waals surface area (Å²) in [5.41, 5.74) is 1.94. The molecule has 1 saturated heterocycles. The first-order chi connectivity index (χ1) is 14.0. The number of hydrogen-bond donors (Lipinski definition) is 0. The molecule has 4 rings (SSSR count). The van der Waals surface area contributed by atoms with E-state index in [2.05, 4.69) is 0 Å². The lowest BCUT2D eigenvalue weighted by atomic mass is 9.95. The Morgan fingerprint density at radius 1 is 1.03 bits per heavy atom. The number of rotatable bonds is 4. The number of fused-ring (bicyclic) bond motifs is 1. The molecule has 154 valence electrons. The van der Waals surface area contributed by atoms with E-state index in [0.29, 0.717) is 38.5 Å². The summed E-state index contributed by atoms with van der Waals surface area (Å²) in [6.45, 7) is 2.08. The van der Waals surface area contributed by atoms with Crippen LogP contribution in [0.3, 0.4) is 0 Å². The zero-order valence-electron chi connectivity index (χ0n) is 16.3. The number of amides is 1. The third-order valence-corrected chi connectivity index (χ3v) is 7.35. The maximum atomic E-state index is 13.5. The molecule has 2 aromatic rings. The fraction of sp³-hybridized carbons (Fsp3) is 0.381. The Kier molecular flexibility index (Phi) is 5.58. The van der Waals surface area contributed by atoms with E-state index in [0.717, 1.165) is 11.1 Å². The van der Waals surface area contributed by atoms with Gasteiger partial charge in [0.25, 0.3) is 0 Å². The molecular formula is C21H24N2O5S.